The number of rotatable bonds is 1. The summed E-state index contributed by atoms with van der Waals surface area (Å²) >= 11 is 0. The summed E-state index contributed by atoms with van der Waals surface area (Å²) in [5.41, 5.74) is 0.693. The molecule has 0 aromatic heterocycles. The van der Waals surface area contributed by atoms with Gasteiger partial charge in [-0.05, 0) is 34.2 Å². The summed E-state index contributed by atoms with van der Waals surface area (Å²) in [5, 5.41) is 0.343. The summed E-state index contributed by atoms with van der Waals surface area (Å²) in [4.78, 5) is 0. The molecule has 1 aliphatic carbocycles. The van der Waals surface area contributed by atoms with Gasteiger partial charge >= 0.3 is 0 Å². The lowest BCUT2D eigenvalue weighted by molar-refractivity contribution is 0.0646. The van der Waals surface area contributed by atoms with Crippen molar-refractivity contribution in [3.8, 4) is 0 Å². The molecular formula is C15H31P. The zero-order chi connectivity index (χ0) is 12.8. The normalized spacial score (nSPS) is 28.5. The second-order valence-corrected chi connectivity index (χ2v) is 8.79. The van der Waals surface area contributed by atoms with Gasteiger partial charge in [-0.1, -0.05) is 61.3 Å². The van der Waals surface area contributed by atoms with Crippen LogP contribution in [0.5, 0.6) is 0 Å². The van der Waals surface area contributed by atoms with Gasteiger partial charge in [-0.3, -0.25) is 0 Å². The van der Waals surface area contributed by atoms with E-state index in [1.165, 1.54) is 19.3 Å². The highest BCUT2D eigenvalue weighted by atomic mass is 31.0. The van der Waals surface area contributed by atoms with Crippen LogP contribution in [0.15, 0.2) is 0 Å². The molecule has 0 aromatic rings. The van der Waals surface area contributed by atoms with E-state index in [4.69, 9.17) is 0 Å². The van der Waals surface area contributed by atoms with Gasteiger partial charge < -0.3 is 0 Å². The lowest BCUT2D eigenvalue weighted by Gasteiger charge is -2.56. The molecule has 0 nitrogen and oxygen atoms in total. The van der Waals surface area contributed by atoms with Gasteiger partial charge in [0.05, 0.1) is 0 Å². The van der Waals surface area contributed by atoms with Gasteiger partial charge in [-0.25, -0.2) is 0 Å². The predicted molar refractivity (Wildman–Crippen MR) is 77.9 cm³/mol. The minimum absolute atomic E-state index is 0.343. The molecule has 16 heavy (non-hydrogen) atoms. The first-order valence-electron chi connectivity index (χ1n) is 6.80. The van der Waals surface area contributed by atoms with Crippen LogP contribution in [0.3, 0.4) is 0 Å². The van der Waals surface area contributed by atoms with Crippen molar-refractivity contribution in [3.05, 3.63) is 0 Å². The fourth-order valence-corrected chi connectivity index (χ4v) is 4.55. The van der Waals surface area contributed by atoms with Crippen molar-refractivity contribution in [3.63, 3.8) is 0 Å². The molecule has 96 valence electrons. The third kappa shape index (κ3) is 2.20. The van der Waals surface area contributed by atoms with Crippen LogP contribution >= 0.6 is 9.24 Å². The SMILES string of the molecule is CC1CCCC1C(P)(C(C)(C)C)C(C)(C)C. The number of hydrogen-bond donors (Lipinski definition) is 0. The van der Waals surface area contributed by atoms with Crippen molar-refractivity contribution in [2.45, 2.75) is 72.9 Å². The van der Waals surface area contributed by atoms with Crippen LogP contribution < -0.4 is 0 Å². The monoisotopic (exact) mass is 242 g/mol. The molecule has 1 rings (SSSR count). The molecule has 1 fully saturated rings. The highest BCUT2D eigenvalue weighted by Gasteiger charge is 2.53. The van der Waals surface area contributed by atoms with Crippen molar-refractivity contribution < 1.29 is 0 Å². The molecule has 1 heteroatoms. The molecule has 0 bridgehead atoms. The average molecular weight is 242 g/mol. The highest BCUT2D eigenvalue weighted by Crippen LogP contribution is 2.60. The molecule has 1 aliphatic rings. The summed E-state index contributed by atoms with van der Waals surface area (Å²) in [6, 6.07) is 0. The highest BCUT2D eigenvalue weighted by molar-refractivity contribution is 7.19. The zero-order valence-electron chi connectivity index (χ0n) is 12.4. The summed E-state index contributed by atoms with van der Waals surface area (Å²) in [5.74, 6) is 1.74. The fourth-order valence-electron chi connectivity index (χ4n) is 4.06. The first-order chi connectivity index (χ1) is 7.02. The second-order valence-electron chi connectivity index (χ2n) is 7.88. The van der Waals surface area contributed by atoms with Crippen LogP contribution in [0.25, 0.3) is 0 Å². The largest absolute Gasteiger partial charge is 0.130 e. The zero-order valence-corrected chi connectivity index (χ0v) is 13.5. The lowest BCUT2D eigenvalue weighted by Crippen LogP contribution is -2.54. The van der Waals surface area contributed by atoms with Gasteiger partial charge in [-0.2, -0.15) is 0 Å². The standard InChI is InChI=1S/C15H31P/c1-11-9-8-10-12(11)15(16,13(2,3)4)14(5,6)7/h11-12H,8-10,16H2,1-7H3. The summed E-state index contributed by atoms with van der Waals surface area (Å²) in [6.07, 6.45) is 4.26. The summed E-state index contributed by atoms with van der Waals surface area (Å²) in [7, 11) is 3.28. The molecule has 0 spiro atoms. The van der Waals surface area contributed by atoms with E-state index in [9.17, 15) is 0 Å². The van der Waals surface area contributed by atoms with Crippen LogP contribution in [-0.2, 0) is 0 Å². The third-order valence-electron chi connectivity index (χ3n) is 4.93. The van der Waals surface area contributed by atoms with Crippen molar-refractivity contribution in [2.24, 2.45) is 22.7 Å². The van der Waals surface area contributed by atoms with Crippen LogP contribution in [0.2, 0.25) is 0 Å². The predicted octanol–water partition coefficient (Wildman–Crippen LogP) is 5.13. The van der Waals surface area contributed by atoms with Crippen molar-refractivity contribution in [1.82, 2.24) is 0 Å². The Morgan fingerprint density at radius 2 is 1.31 bits per heavy atom. The lowest BCUT2D eigenvalue weighted by atomic mass is 9.58. The Morgan fingerprint density at radius 1 is 0.875 bits per heavy atom. The quantitative estimate of drug-likeness (QED) is 0.559. The Kier molecular flexibility index (Phi) is 3.87. The second kappa shape index (κ2) is 4.27. The maximum absolute atomic E-state index is 3.28. The van der Waals surface area contributed by atoms with Gasteiger partial charge in [0.1, 0.15) is 0 Å². The minimum Gasteiger partial charge on any atom is -0.130 e. The smallest absolute Gasteiger partial charge is 0.00230 e. The molecule has 0 radical (unpaired) electrons. The van der Waals surface area contributed by atoms with E-state index >= 15 is 0 Å². The first-order valence-corrected chi connectivity index (χ1v) is 7.38. The van der Waals surface area contributed by atoms with Crippen LogP contribution in [0.1, 0.15) is 67.7 Å². The molecule has 0 amide bonds. The Morgan fingerprint density at radius 3 is 1.56 bits per heavy atom. The van der Waals surface area contributed by atoms with Crippen molar-refractivity contribution in [1.29, 1.82) is 0 Å². The van der Waals surface area contributed by atoms with E-state index in [2.05, 4.69) is 57.7 Å². The van der Waals surface area contributed by atoms with Crippen molar-refractivity contribution in [2.75, 3.05) is 0 Å². The van der Waals surface area contributed by atoms with E-state index in [-0.39, 0.29) is 0 Å². The van der Waals surface area contributed by atoms with Gasteiger partial charge in [0.2, 0.25) is 0 Å². The van der Waals surface area contributed by atoms with Gasteiger partial charge in [0.25, 0.3) is 0 Å². The maximum atomic E-state index is 3.28. The average Bonchev–Trinajstić information content (AvgIpc) is 2.46. The molecular weight excluding hydrogens is 211 g/mol. The molecule has 0 heterocycles. The van der Waals surface area contributed by atoms with E-state index in [0.717, 1.165) is 11.8 Å². The summed E-state index contributed by atoms with van der Waals surface area (Å²) in [6.45, 7) is 16.9. The first kappa shape index (κ1) is 14.5. The molecule has 0 N–H and O–H groups in total. The minimum atomic E-state index is 0.343. The van der Waals surface area contributed by atoms with Gasteiger partial charge in [0.15, 0.2) is 0 Å². The molecule has 0 aliphatic heterocycles. The van der Waals surface area contributed by atoms with Crippen molar-refractivity contribution >= 4 is 9.24 Å². The Hall–Kier alpha value is 0.430. The molecule has 3 atom stereocenters. The fraction of sp³-hybridized carbons (Fsp3) is 1.00. The molecule has 1 saturated carbocycles. The van der Waals surface area contributed by atoms with Crippen LogP contribution in [-0.4, -0.2) is 5.16 Å². The van der Waals surface area contributed by atoms with E-state index in [1.807, 2.05) is 0 Å². The molecule has 0 aromatic carbocycles. The van der Waals surface area contributed by atoms with Gasteiger partial charge in [-0.15, -0.1) is 9.24 Å². The molecule has 3 unspecified atom stereocenters. The topological polar surface area (TPSA) is 0 Å². The Labute approximate surface area is 105 Å². The molecule has 0 saturated heterocycles. The van der Waals surface area contributed by atoms with E-state index in [1.54, 1.807) is 0 Å². The van der Waals surface area contributed by atoms with E-state index < -0.39 is 0 Å². The Balaban J connectivity index is 3.15. The van der Waals surface area contributed by atoms with Gasteiger partial charge in [0, 0.05) is 0 Å². The number of hydrogen-bond acceptors (Lipinski definition) is 0. The Bertz CT molecular complexity index is 227. The maximum Gasteiger partial charge on any atom is -0.00230 e. The van der Waals surface area contributed by atoms with Crippen LogP contribution in [0.4, 0.5) is 0 Å². The van der Waals surface area contributed by atoms with E-state index in [0.29, 0.717) is 16.0 Å². The van der Waals surface area contributed by atoms with Crippen LogP contribution in [0, 0.1) is 22.7 Å². The summed E-state index contributed by atoms with van der Waals surface area (Å²) < 4.78 is 0. The third-order valence-corrected chi connectivity index (χ3v) is 7.09.